The fourth-order valence-corrected chi connectivity index (χ4v) is 2.70. The summed E-state index contributed by atoms with van der Waals surface area (Å²) < 4.78 is 6.04. The number of aliphatic hydroxyl groups excluding tert-OH is 1. The minimum Gasteiger partial charge on any atom is -0.488 e. The Morgan fingerprint density at radius 2 is 1.42 bits per heavy atom. The van der Waals surface area contributed by atoms with Crippen molar-refractivity contribution >= 4 is 0 Å². The van der Waals surface area contributed by atoms with Gasteiger partial charge in [0, 0.05) is 12.2 Å². The molecule has 3 rings (SSSR count). The van der Waals surface area contributed by atoms with Crippen molar-refractivity contribution in [3.63, 3.8) is 0 Å². The first-order valence-electron chi connectivity index (χ1n) is 8.33. The molecule has 0 amide bonds. The van der Waals surface area contributed by atoms with Gasteiger partial charge in [-0.15, -0.1) is 0 Å². The predicted molar refractivity (Wildman–Crippen MR) is 98.1 cm³/mol. The van der Waals surface area contributed by atoms with E-state index in [2.05, 4.69) is 42.5 Å². The van der Waals surface area contributed by atoms with Gasteiger partial charge < -0.3 is 9.84 Å². The van der Waals surface area contributed by atoms with E-state index >= 15 is 0 Å². The molecule has 0 aromatic heterocycles. The van der Waals surface area contributed by atoms with Crippen LogP contribution in [0.15, 0.2) is 78.9 Å². The molecular formula is C22H22O2. The molecule has 2 nitrogen and oxygen atoms in total. The van der Waals surface area contributed by atoms with Gasteiger partial charge in [0.2, 0.25) is 0 Å². The molecule has 122 valence electrons. The predicted octanol–water partition coefficient (Wildman–Crippen LogP) is 4.86. The lowest BCUT2D eigenvalue weighted by atomic mass is 10.0. The number of ether oxygens (including phenoxy) is 1. The standard InChI is InChI=1S/C22H22O2/c23-16-6-9-18-12-14-20(15-13-18)21-10-4-5-11-22(21)24-17-19-7-2-1-3-8-19/h1-5,7-8,10-15,23H,6,9,16-17H2. The third kappa shape index (κ3) is 4.24. The summed E-state index contributed by atoms with van der Waals surface area (Å²) in [6, 6.07) is 26.8. The number of rotatable bonds is 7. The fraction of sp³-hybridized carbons (Fsp3) is 0.182. The molecule has 0 spiro atoms. The average molecular weight is 318 g/mol. The molecule has 3 aromatic carbocycles. The Hall–Kier alpha value is -2.58. The van der Waals surface area contributed by atoms with Crippen molar-refractivity contribution in [3.05, 3.63) is 90.0 Å². The van der Waals surface area contributed by atoms with Crippen LogP contribution in [-0.4, -0.2) is 11.7 Å². The zero-order valence-corrected chi connectivity index (χ0v) is 13.7. The summed E-state index contributed by atoms with van der Waals surface area (Å²) in [7, 11) is 0. The molecule has 0 bridgehead atoms. The quantitative estimate of drug-likeness (QED) is 0.674. The largest absolute Gasteiger partial charge is 0.488 e. The van der Waals surface area contributed by atoms with Gasteiger partial charge in [0.15, 0.2) is 0 Å². The molecule has 0 aliphatic carbocycles. The highest BCUT2D eigenvalue weighted by Crippen LogP contribution is 2.30. The molecule has 3 aromatic rings. The molecule has 1 N–H and O–H groups in total. The highest BCUT2D eigenvalue weighted by molar-refractivity contribution is 5.70. The first-order valence-corrected chi connectivity index (χ1v) is 8.33. The Morgan fingerprint density at radius 1 is 0.708 bits per heavy atom. The van der Waals surface area contributed by atoms with Gasteiger partial charge in [0.1, 0.15) is 12.4 Å². The Morgan fingerprint density at radius 3 is 2.17 bits per heavy atom. The van der Waals surface area contributed by atoms with Gasteiger partial charge in [0.25, 0.3) is 0 Å². The second kappa shape index (κ2) is 8.32. The molecule has 24 heavy (non-hydrogen) atoms. The van der Waals surface area contributed by atoms with Gasteiger partial charge >= 0.3 is 0 Å². The fourth-order valence-electron chi connectivity index (χ4n) is 2.70. The number of aliphatic hydroxyl groups is 1. The van der Waals surface area contributed by atoms with E-state index < -0.39 is 0 Å². The molecule has 0 saturated heterocycles. The molecular weight excluding hydrogens is 296 g/mol. The normalized spacial score (nSPS) is 10.5. The van der Waals surface area contributed by atoms with Gasteiger partial charge in [0.05, 0.1) is 0 Å². The lowest BCUT2D eigenvalue weighted by Gasteiger charge is -2.12. The minimum absolute atomic E-state index is 0.234. The molecule has 0 aliphatic rings. The Labute approximate surface area is 143 Å². The van der Waals surface area contributed by atoms with Crippen LogP contribution < -0.4 is 4.74 Å². The van der Waals surface area contributed by atoms with Crippen molar-refractivity contribution in [2.75, 3.05) is 6.61 Å². The van der Waals surface area contributed by atoms with Gasteiger partial charge in [-0.25, -0.2) is 0 Å². The molecule has 0 atom stereocenters. The van der Waals surface area contributed by atoms with E-state index in [1.165, 1.54) is 5.56 Å². The molecule has 0 heterocycles. The molecule has 2 heteroatoms. The number of benzene rings is 3. The molecule has 0 radical (unpaired) electrons. The van der Waals surface area contributed by atoms with Crippen LogP contribution >= 0.6 is 0 Å². The molecule has 0 saturated carbocycles. The number of aryl methyl sites for hydroxylation is 1. The minimum atomic E-state index is 0.234. The zero-order valence-electron chi connectivity index (χ0n) is 13.7. The van der Waals surface area contributed by atoms with Crippen LogP contribution in [0.4, 0.5) is 0 Å². The monoisotopic (exact) mass is 318 g/mol. The van der Waals surface area contributed by atoms with Crippen molar-refractivity contribution in [2.45, 2.75) is 19.4 Å². The smallest absolute Gasteiger partial charge is 0.127 e. The van der Waals surface area contributed by atoms with E-state index in [1.807, 2.05) is 36.4 Å². The van der Waals surface area contributed by atoms with Gasteiger partial charge in [-0.3, -0.25) is 0 Å². The van der Waals surface area contributed by atoms with E-state index in [9.17, 15) is 0 Å². The van der Waals surface area contributed by atoms with Crippen molar-refractivity contribution in [2.24, 2.45) is 0 Å². The number of para-hydroxylation sites is 1. The van der Waals surface area contributed by atoms with E-state index in [-0.39, 0.29) is 6.61 Å². The summed E-state index contributed by atoms with van der Waals surface area (Å²) in [5.41, 5.74) is 4.65. The summed E-state index contributed by atoms with van der Waals surface area (Å²) in [5.74, 6) is 0.893. The summed E-state index contributed by atoms with van der Waals surface area (Å²) in [4.78, 5) is 0. The first kappa shape index (κ1) is 16.3. The summed E-state index contributed by atoms with van der Waals surface area (Å²) in [6.07, 6.45) is 1.71. The van der Waals surface area contributed by atoms with Crippen LogP contribution in [-0.2, 0) is 13.0 Å². The van der Waals surface area contributed by atoms with E-state index in [0.29, 0.717) is 6.61 Å². The molecule has 0 fully saturated rings. The lowest BCUT2D eigenvalue weighted by molar-refractivity contribution is 0.288. The van der Waals surface area contributed by atoms with Crippen LogP contribution in [0.3, 0.4) is 0 Å². The van der Waals surface area contributed by atoms with Crippen molar-refractivity contribution in [1.82, 2.24) is 0 Å². The topological polar surface area (TPSA) is 29.5 Å². The SMILES string of the molecule is OCCCc1ccc(-c2ccccc2OCc2ccccc2)cc1. The van der Waals surface area contributed by atoms with Crippen LogP contribution in [0, 0.1) is 0 Å². The van der Waals surface area contributed by atoms with Crippen molar-refractivity contribution in [3.8, 4) is 16.9 Å². The van der Waals surface area contributed by atoms with E-state index in [0.717, 1.165) is 35.3 Å². The Bertz CT molecular complexity index is 748. The van der Waals surface area contributed by atoms with Crippen molar-refractivity contribution in [1.29, 1.82) is 0 Å². The Kier molecular flexibility index (Phi) is 5.65. The van der Waals surface area contributed by atoms with Gasteiger partial charge in [-0.1, -0.05) is 72.8 Å². The molecule has 0 unspecified atom stereocenters. The van der Waals surface area contributed by atoms with Gasteiger partial charge in [-0.05, 0) is 35.6 Å². The van der Waals surface area contributed by atoms with Crippen LogP contribution in [0.25, 0.3) is 11.1 Å². The summed E-state index contributed by atoms with van der Waals surface area (Å²) in [6.45, 7) is 0.796. The number of hydrogen-bond acceptors (Lipinski definition) is 2. The van der Waals surface area contributed by atoms with Crippen LogP contribution in [0.1, 0.15) is 17.5 Å². The van der Waals surface area contributed by atoms with Crippen molar-refractivity contribution < 1.29 is 9.84 Å². The first-order chi connectivity index (χ1) is 11.9. The summed E-state index contributed by atoms with van der Waals surface area (Å²) >= 11 is 0. The van der Waals surface area contributed by atoms with Gasteiger partial charge in [-0.2, -0.15) is 0 Å². The maximum atomic E-state index is 8.93. The van der Waals surface area contributed by atoms with Crippen LogP contribution in [0.5, 0.6) is 5.75 Å². The third-order valence-electron chi connectivity index (χ3n) is 4.01. The van der Waals surface area contributed by atoms with Crippen LogP contribution in [0.2, 0.25) is 0 Å². The molecule has 0 aliphatic heterocycles. The second-order valence-electron chi connectivity index (χ2n) is 5.79. The summed E-state index contributed by atoms with van der Waals surface area (Å²) in [5, 5.41) is 8.93. The third-order valence-corrected chi connectivity index (χ3v) is 4.01. The average Bonchev–Trinajstić information content (AvgIpc) is 2.66. The maximum Gasteiger partial charge on any atom is 0.127 e. The number of hydrogen-bond donors (Lipinski definition) is 1. The zero-order chi connectivity index (χ0) is 16.6. The Balaban J connectivity index is 1.76. The maximum absolute atomic E-state index is 8.93. The van der Waals surface area contributed by atoms with E-state index in [4.69, 9.17) is 9.84 Å². The highest BCUT2D eigenvalue weighted by Gasteiger charge is 2.06. The van der Waals surface area contributed by atoms with E-state index in [1.54, 1.807) is 0 Å². The second-order valence-corrected chi connectivity index (χ2v) is 5.79. The lowest BCUT2D eigenvalue weighted by Crippen LogP contribution is -1.96. The highest BCUT2D eigenvalue weighted by atomic mass is 16.5.